The van der Waals surface area contributed by atoms with Crippen molar-refractivity contribution in [3.8, 4) is 23.1 Å². The molecule has 2 aromatic heterocycles. The number of benzene rings is 2. The predicted molar refractivity (Wildman–Crippen MR) is 145 cm³/mol. The molecule has 1 fully saturated rings. The van der Waals surface area contributed by atoms with Crippen LogP contribution in [0.15, 0.2) is 69.9 Å². The van der Waals surface area contributed by atoms with E-state index in [9.17, 15) is 25.0 Å². The quantitative estimate of drug-likeness (QED) is 0.280. The molecule has 1 amide bonds. The lowest BCUT2D eigenvalue weighted by molar-refractivity contribution is -0.384. The minimum absolute atomic E-state index is 0.0874. The Kier molecular flexibility index (Phi) is 7.23. The summed E-state index contributed by atoms with van der Waals surface area (Å²) < 4.78 is 13.0. The number of furan rings is 1. The van der Waals surface area contributed by atoms with Crippen LogP contribution in [0.2, 0.25) is 0 Å². The summed E-state index contributed by atoms with van der Waals surface area (Å²) in [6.07, 6.45) is 1.51. The van der Waals surface area contributed by atoms with Crippen molar-refractivity contribution >= 4 is 34.6 Å². The number of nitro benzene ring substituents is 1. The van der Waals surface area contributed by atoms with Gasteiger partial charge in [0.2, 0.25) is 0 Å². The number of carbonyl (C=O) groups is 1. The number of rotatable bonds is 5. The fourth-order valence-electron chi connectivity index (χ4n) is 4.28. The van der Waals surface area contributed by atoms with Crippen molar-refractivity contribution in [1.82, 2.24) is 9.47 Å². The third kappa shape index (κ3) is 5.16. The van der Waals surface area contributed by atoms with Crippen LogP contribution in [-0.2, 0) is 9.53 Å². The second-order valence-corrected chi connectivity index (χ2v) is 9.79. The van der Waals surface area contributed by atoms with Crippen LogP contribution in [0.3, 0.4) is 0 Å². The molecule has 1 aliphatic heterocycles. The molecule has 11 heteroatoms. The van der Waals surface area contributed by atoms with Crippen LogP contribution >= 0.6 is 11.3 Å². The maximum atomic E-state index is 13.6. The fraction of sp³-hybridized carbons (Fsp3) is 0.179. The van der Waals surface area contributed by atoms with Gasteiger partial charge in [0.25, 0.3) is 17.2 Å². The largest absolute Gasteiger partial charge is 0.456 e. The zero-order chi connectivity index (χ0) is 27.5. The number of hydrogen-bond acceptors (Lipinski definition) is 8. The van der Waals surface area contributed by atoms with E-state index < -0.39 is 16.4 Å². The van der Waals surface area contributed by atoms with E-state index >= 15 is 0 Å². The molecule has 1 saturated heterocycles. The lowest BCUT2D eigenvalue weighted by Crippen LogP contribution is -2.42. The molecule has 0 atom stereocenters. The highest BCUT2D eigenvalue weighted by molar-refractivity contribution is 7.07. The number of ether oxygens (including phenoxy) is 1. The van der Waals surface area contributed by atoms with E-state index in [-0.39, 0.29) is 26.2 Å². The maximum absolute atomic E-state index is 13.6. The molecule has 0 bridgehead atoms. The molecule has 0 N–H and O–H groups in total. The van der Waals surface area contributed by atoms with Gasteiger partial charge in [-0.05, 0) is 42.8 Å². The van der Waals surface area contributed by atoms with Crippen molar-refractivity contribution in [3.05, 3.63) is 102 Å². The molecule has 196 valence electrons. The van der Waals surface area contributed by atoms with Crippen molar-refractivity contribution in [2.45, 2.75) is 6.92 Å². The summed E-state index contributed by atoms with van der Waals surface area (Å²) >= 11 is 1.00. The number of carbonyl (C=O) groups excluding carboxylic acids is 1. The SMILES string of the molecule is Cc1ccc(-c2ccc(/C=c3/s/c(=C(/C#N)C(=O)N4CCOCC4)n(-c4ccccc4)c3=O)o2)c([N+](=O)[O-])c1. The molecule has 10 nitrogen and oxygen atoms in total. The average molecular weight is 543 g/mol. The van der Waals surface area contributed by atoms with Gasteiger partial charge in [-0.2, -0.15) is 5.26 Å². The minimum Gasteiger partial charge on any atom is -0.456 e. The Balaban J connectivity index is 1.67. The van der Waals surface area contributed by atoms with Gasteiger partial charge >= 0.3 is 0 Å². The summed E-state index contributed by atoms with van der Waals surface area (Å²) in [6, 6.07) is 18.8. The fourth-order valence-corrected chi connectivity index (χ4v) is 5.36. The van der Waals surface area contributed by atoms with E-state index in [4.69, 9.17) is 9.15 Å². The highest BCUT2D eigenvalue weighted by Gasteiger charge is 2.24. The van der Waals surface area contributed by atoms with Gasteiger partial charge < -0.3 is 14.1 Å². The van der Waals surface area contributed by atoms with E-state index in [2.05, 4.69) is 0 Å². The van der Waals surface area contributed by atoms with Crippen LogP contribution in [0.5, 0.6) is 0 Å². The topological polar surface area (TPSA) is 132 Å². The first-order valence-electron chi connectivity index (χ1n) is 12.0. The van der Waals surface area contributed by atoms with Crippen LogP contribution in [0.1, 0.15) is 11.3 Å². The highest BCUT2D eigenvalue weighted by Crippen LogP contribution is 2.32. The summed E-state index contributed by atoms with van der Waals surface area (Å²) in [5.41, 5.74) is 0.908. The van der Waals surface area contributed by atoms with Gasteiger partial charge in [-0.1, -0.05) is 24.3 Å². The summed E-state index contributed by atoms with van der Waals surface area (Å²) in [5, 5.41) is 21.6. The van der Waals surface area contributed by atoms with Crippen LogP contribution in [0.4, 0.5) is 5.69 Å². The zero-order valence-electron chi connectivity index (χ0n) is 20.8. The Labute approximate surface area is 226 Å². The van der Waals surface area contributed by atoms with Gasteiger partial charge in [0.15, 0.2) is 5.57 Å². The Hall–Kier alpha value is -4.79. The van der Waals surface area contributed by atoms with Gasteiger partial charge in [0.1, 0.15) is 22.3 Å². The number of aromatic nitrogens is 1. The summed E-state index contributed by atoms with van der Waals surface area (Å²) in [7, 11) is 0. The minimum atomic E-state index is -0.469. The first-order valence-corrected chi connectivity index (χ1v) is 12.8. The third-order valence-corrected chi connectivity index (χ3v) is 7.28. The summed E-state index contributed by atoms with van der Waals surface area (Å²) in [5.74, 6) is 0.105. The Bertz CT molecular complexity index is 1790. The molecule has 0 radical (unpaired) electrons. The summed E-state index contributed by atoms with van der Waals surface area (Å²) in [4.78, 5) is 39.5. The molecule has 0 spiro atoms. The molecule has 3 heterocycles. The number of nitriles is 1. The third-order valence-electron chi connectivity index (χ3n) is 6.19. The Morgan fingerprint density at radius 2 is 1.87 bits per heavy atom. The Morgan fingerprint density at radius 3 is 2.56 bits per heavy atom. The first-order chi connectivity index (χ1) is 18.9. The van der Waals surface area contributed by atoms with Crippen LogP contribution in [0, 0.1) is 28.4 Å². The van der Waals surface area contributed by atoms with Crippen molar-refractivity contribution in [2.75, 3.05) is 26.3 Å². The van der Waals surface area contributed by atoms with Gasteiger partial charge in [-0.25, -0.2) is 0 Å². The standard InChI is InChI=1S/C28H22N4O6S/c1-18-7-9-21(23(15-18)32(35)36)24-10-8-20(38-24)16-25-27(34)31(19-5-3-2-4-6-19)28(39-25)22(17-29)26(33)30-11-13-37-14-12-30/h2-10,15-16H,11-14H2,1H3/b25-16+,28-22-. The van der Waals surface area contributed by atoms with Crippen LogP contribution in [0.25, 0.3) is 28.7 Å². The molecule has 5 rings (SSSR count). The van der Waals surface area contributed by atoms with Crippen molar-refractivity contribution in [3.63, 3.8) is 0 Å². The van der Waals surface area contributed by atoms with Crippen molar-refractivity contribution in [2.24, 2.45) is 0 Å². The zero-order valence-corrected chi connectivity index (χ0v) is 21.6. The van der Waals surface area contributed by atoms with Crippen LogP contribution in [-0.4, -0.2) is 46.6 Å². The van der Waals surface area contributed by atoms with Crippen molar-refractivity contribution in [1.29, 1.82) is 5.26 Å². The first kappa shape index (κ1) is 25.8. The maximum Gasteiger partial charge on any atom is 0.280 e. The molecule has 4 aromatic rings. The number of nitrogens with zero attached hydrogens (tertiary/aromatic N) is 4. The van der Waals surface area contributed by atoms with Gasteiger partial charge in [-0.3, -0.25) is 24.3 Å². The lowest BCUT2D eigenvalue weighted by Gasteiger charge is -2.26. The normalized spacial score (nSPS) is 14.7. The molecule has 2 aromatic carbocycles. The van der Waals surface area contributed by atoms with E-state index in [1.807, 2.05) is 6.07 Å². The second kappa shape index (κ2) is 10.9. The molecule has 1 aliphatic rings. The Morgan fingerprint density at radius 1 is 1.13 bits per heavy atom. The molecular formula is C28H22N4O6S. The van der Waals surface area contributed by atoms with Gasteiger partial charge in [0.05, 0.1) is 33.9 Å². The average Bonchev–Trinajstić information content (AvgIpc) is 3.54. The van der Waals surface area contributed by atoms with Gasteiger partial charge in [-0.15, -0.1) is 11.3 Å². The summed E-state index contributed by atoms with van der Waals surface area (Å²) in [6.45, 7) is 3.22. The molecule has 0 saturated carbocycles. The number of hydrogen-bond donors (Lipinski definition) is 0. The lowest BCUT2D eigenvalue weighted by atomic mass is 10.1. The number of morpholine rings is 1. The molecule has 0 aliphatic carbocycles. The van der Waals surface area contributed by atoms with Gasteiger partial charge in [0, 0.05) is 25.2 Å². The van der Waals surface area contributed by atoms with E-state index in [0.717, 1.165) is 16.9 Å². The monoisotopic (exact) mass is 542 g/mol. The molecule has 39 heavy (non-hydrogen) atoms. The number of thiazole rings is 1. The van der Waals surface area contributed by atoms with E-state index in [1.165, 1.54) is 21.6 Å². The smallest absolute Gasteiger partial charge is 0.280 e. The molecular weight excluding hydrogens is 520 g/mol. The van der Waals surface area contributed by atoms with Crippen LogP contribution < -0.4 is 14.8 Å². The number of aryl methyl sites for hydroxylation is 1. The van der Waals surface area contributed by atoms with E-state index in [1.54, 1.807) is 61.5 Å². The predicted octanol–water partition coefficient (Wildman–Crippen LogP) is 2.74. The highest BCUT2D eigenvalue weighted by atomic mass is 32.1. The number of nitro groups is 1. The number of para-hydroxylation sites is 1. The number of amides is 1. The van der Waals surface area contributed by atoms with Crippen molar-refractivity contribution < 1.29 is 18.9 Å². The second-order valence-electron chi connectivity index (χ2n) is 8.76. The molecule has 0 unspecified atom stereocenters. The van der Waals surface area contributed by atoms with E-state index in [0.29, 0.717) is 43.3 Å².